The van der Waals surface area contributed by atoms with Crippen molar-refractivity contribution in [3.8, 4) is 0 Å². The predicted molar refractivity (Wildman–Crippen MR) is 88.7 cm³/mol. The van der Waals surface area contributed by atoms with E-state index in [0.717, 1.165) is 25.9 Å². The molecule has 1 aromatic carbocycles. The van der Waals surface area contributed by atoms with Crippen molar-refractivity contribution in [3.63, 3.8) is 0 Å². The number of rotatable bonds is 6. The number of fused-ring (bicyclic) bond motifs is 1. The zero-order chi connectivity index (χ0) is 15.5. The smallest absolute Gasteiger partial charge is 0.0843 e. The Morgan fingerprint density at radius 1 is 1.38 bits per heavy atom. The number of hydrogen-bond acceptors (Lipinski definition) is 3. The molecule has 1 aromatic rings. The molecule has 21 heavy (non-hydrogen) atoms. The molecule has 3 atom stereocenters. The summed E-state index contributed by atoms with van der Waals surface area (Å²) in [5.41, 5.74) is 2.96. The number of nitrogens with one attached hydrogen (secondary N) is 1. The van der Waals surface area contributed by atoms with Crippen LogP contribution >= 0.6 is 0 Å². The van der Waals surface area contributed by atoms with Gasteiger partial charge in [-0.25, -0.2) is 0 Å². The second kappa shape index (κ2) is 6.91. The van der Waals surface area contributed by atoms with Crippen LogP contribution in [0.2, 0.25) is 0 Å². The van der Waals surface area contributed by atoms with Crippen molar-refractivity contribution in [1.29, 1.82) is 0 Å². The van der Waals surface area contributed by atoms with E-state index in [4.69, 9.17) is 4.74 Å². The van der Waals surface area contributed by atoms with Crippen molar-refractivity contribution in [1.82, 2.24) is 10.2 Å². The summed E-state index contributed by atoms with van der Waals surface area (Å²) < 4.78 is 6.10. The molecule has 2 rings (SSSR count). The molecule has 0 saturated carbocycles. The molecule has 0 saturated heterocycles. The summed E-state index contributed by atoms with van der Waals surface area (Å²) in [5, 5.41) is 3.53. The molecule has 1 heterocycles. The van der Waals surface area contributed by atoms with E-state index in [1.165, 1.54) is 11.1 Å². The molecule has 0 spiro atoms. The number of likely N-dealkylation sites (N-methyl/N-ethyl adjacent to an activating group) is 2. The Kier molecular flexibility index (Phi) is 5.42. The molecule has 118 valence electrons. The van der Waals surface area contributed by atoms with Gasteiger partial charge in [-0.15, -0.1) is 0 Å². The molecule has 1 N–H and O–H groups in total. The summed E-state index contributed by atoms with van der Waals surface area (Å²) in [4.78, 5) is 2.34. The number of ether oxygens (including phenoxy) is 1. The maximum absolute atomic E-state index is 6.10. The van der Waals surface area contributed by atoms with Gasteiger partial charge in [0.2, 0.25) is 0 Å². The van der Waals surface area contributed by atoms with E-state index >= 15 is 0 Å². The van der Waals surface area contributed by atoms with Crippen LogP contribution in [0.4, 0.5) is 0 Å². The maximum atomic E-state index is 6.10. The Bertz CT molecular complexity index is 460. The van der Waals surface area contributed by atoms with E-state index in [0.29, 0.717) is 6.04 Å². The third kappa shape index (κ3) is 3.31. The van der Waals surface area contributed by atoms with Crippen molar-refractivity contribution in [2.75, 3.05) is 27.7 Å². The van der Waals surface area contributed by atoms with Gasteiger partial charge in [0.15, 0.2) is 0 Å². The van der Waals surface area contributed by atoms with Gasteiger partial charge in [0, 0.05) is 11.6 Å². The zero-order valence-corrected chi connectivity index (χ0v) is 14.1. The lowest BCUT2D eigenvalue weighted by Gasteiger charge is -2.44. The first-order valence-corrected chi connectivity index (χ1v) is 8.07. The minimum Gasteiger partial charge on any atom is -0.373 e. The van der Waals surface area contributed by atoms with Gasteiger partial charge in [0.05, 0.1) is 12.7 Å². The largest absolute Gasteiger partial charge is 0.373 e. The Morgan fingerprint density at radius 2 is 2.10 bits per heavy atom. The van der Waals surface area contributed by atoms with Gasteiger partial charge in [0.1, 0.15) is 0 Å². The maximum Gasteiger partial charge on any atom is 0.0843 e. The molecule has 0 bridgehead atoms. The second-order valence-corrected chi connectivity index (χ2v) is 6.49. The minimum atomic E-state index is 0.129. The lowest BCUT2D eigenvalue weighted by molar-refractivity contribution is 0.00872. The van der Waals surface area contributed by atoms with Crippen LogP contribution < -0.4 is 5.32 Å². The average Bonchev–Trinajstić information content (AvgIpc) is 2.51. The monoisotopic (exact) mass is 290 g/mol. The molecule has 0 amide bonds. The Morgan fingerprint density at radius 3 is 2.71 bits per heavy atom. The molecule has 3 unspecified atom stereocenters. The van der Waals surface area contributed by atoms with E-state index in [2.05, 4.69) is 69.5 Å². The normalized spacial score (nSPS) is 22.7. The van der Waals surface area contributed by atoms with Crippen LogP contribution in [-0.2, 0) is 11.2 Å². The van der Waals surface area contributed by atoms with Crippen molar-refractivity contribution >= 4 is 0 Å². The molecular formula is C18H30N2O. The highest BCUT2D eigenvalue weighted by atomic mass is 16.5. The van der Waals surface area contributed by atoms with E-state index in [-0.39, 0.29) is 11.6 Å². The van der Waals surface area contributed by atoms with Gasteiger partial charge >= 0.3 is 0 Å². The van der Waals surface area contributed by atoms with Crippen LogP contribution in [-0.4, -0.2) is 44.2 Å². The number of hydrogen-bond donors (Lipinski definition) is 1. The van der Waals surface area contributed by atoms with Gasteiger partial charge in [-0.05, 0) is 58.5 Å². The molecule has 1 aliphatic rings. The lowest BCUT2D eigenvalue weighted by atomic mass is 9.82. The van der Waals surface area contributed by atoms with Gasteiger partial charge in [-0.2, -0.15) is 0 Å². The molecule has 3 heteroatoms. The Labute approximate surface area is 129 Å². The van der Waals surface area contributed by atoms with Crippen LogP contribution in [0.1, 0.15) is 43.9 Å². The molecule has 0 radical (unpaired) electrons. The SMILES string of the molecule is CCC(C)(C(CC1OCCc2ccccc21)NC)N(C)C. The summed E-state index contributed by atoms with van der Waals surface area (Å²) in [6.45, 7) is 5.44. The molecular weight excluding hydrogens is 260 g/mol. The first-order valence-electron chi connectivity index (χ1n) is 8.07. The summed E-state index contributed by atoms with van der Waals surface area (Å²) in [5.74, 6) is 0. The van der Waals surface area contributed by atoms with Gasteiger partial charge in [0.25, 0.3) is 0 Å². The quantitative estimate of drug-likeness (QED) is 0.871. The summed E-state index contributed by atoms with van der Waals surface area (Å²) >= 11 is 0. The highest BCUT2D eigenvalue weighted by molar-refractivity contribution is 5.31. The highest BCUT2D eigenvalue weighted by Crippen LogP contribution is 2.34. The van der Waals surface area contributed by atoms with Crippen LogP contribution in [0.5, 0.6) is 0 Å². The van der Waals surface area contributed by atoms with E-state index in [9.17, 15) is 0 Å². The van der Waals surface area contributed by atoms with Crippen LogP contribution in [0.15, 0.2) is 24.3 Å². The fraction of sp³-hybridized carbons (Fsp3) is 0.667. The zero-order valence-electron chi connectivity index (χ0n) is 14.1. The minimum absolute atomic E-state index is 0.129. The third-order valence-electron chi connectivity index (χ3n) is 5.38. The highest BCUT2D eigenvalue weighted by Gasteiger charge is 2.36. The predicted octanol–water partition coefficient (Wildman–Crippen LogP) is 3.01. The standard InChI is InChI=1S/C18H30N2O/c1-6-18(2,20(4)5)17(19-3)13-16-15-10-8-7-9-14(15)11-12-21-16/h7-10,16-17,19H,6,11-13H2,1-5H3. The first kappa shape index (κ1) is 16.5. The van der Waals surface area contributed by atoms with Gasteiger partial charge in [-0.1, -0.05) is 31.2 Å². The topological polar surface area (TPSA) is 24.5 Å². The average molecular weight is 290 g/mol. The van der Waals surface area contributed by atoms with E-state index in [1.807, 2.05) is 0 Å². The van der Waals surface area contributed by atoms with Crippen molar-refractivity contribution < 1.29 is 4.74 Å². The first-order chi connectivity index (χ1) is 10.0. The van der Waals surface area contributed by atoms with Crippen LogP contribution in [0.25, 0.3) is 0 Å². The summed E-state index contributed by atoms with van der Waals surface area (Å²) in [6.07, 6.45) is 3.36. The Balaban J connectivity index is 2.20. The fourth-order valence-corrected chi connectivity index (χ4v) is 3.44. The number of benzene rings is 1. The van der Waals surface area contributed by atoms with Gasteiger partial charge in [-0.3, -0.25) is 0 Å². The van der Waals surface area contributed by atoms with Crippen molar-refractivity contribution in [3.05, 3.63) is 35.4 Å². The van der Waals surface area contributed by atoms with Crippen molar-refractivity contribution in [2.24, 2.45) is 0 Å². The lowest BCUT2D eigenvalue weighted by Crippen LogP contribution is -2.56. The van der Waals surface area contributed by atoms with E-state index in [1.54, 1.807) is 0 Å². The summed E-state index contributed by atoms with van der Waals surface area (Å²) in [7, 11) is 6.41. The Hall–Kier alpha value is -0.900. The van der Waals surface area contributed by atoms with E-state index < -0.39 is 0 Å². The molecule has 0 aromatic heterocycles. The van der Waals surface area contributed by atoms with Crippen LogP contribution in [0, 0.1) is 0 Å². The van der Waals surface area contributed by atoms with Crippen molar-refractivity contribution in [2.45, 2.75) is 50.8 Å². The summed E-state index contributed by atoms with van der Waals surface area (Å²) in [6, 6.07) is 9.12. The molecule has 0 aliphatic carbocycles. The fourth-order valence-electron chi connectivity index (χ4n) is 3.44. The molecule has 1 aliphatic heterocycles. The molecule has 3 nitrogen and oxygen atoms in total. The van der Waals surface area contributed by atoms with Gasteiger partial charge < -0.3 is 15.0 Å². The number of nitrogens with zero attached hydrogens (tertiary/aromatic N) is 1. The second-order valence-electron chi connectivity index (χ2n) is 6.49. The molecule has 0 fully saturated rings. The third-order valence-corrected chi connectivity index (χ3v) is 5.38. The van der Waals surface area contributed by atoms with Crippen LogP contribution in [0.3, 0.4) is 0 Å².